The number of aryl methyl sites for hydroxylation is 1. The van der Waals surface area contributed by atoms with Gasteiger partial charge in [-0.3, -0.25) is 9.59 Å². The van der Waals surface area contributed by atoms with Crippen molar-refractivity contribution < 1.29 is 14.0 Å². The van der Waals surface area contributed by atoms with Gasteiger partial charge in [-0.2, -0.15) is 11.3 Å². The fourth-order valence-electron chi connectivity index (χ4n) is 2.19. The molecule has 2 rings (SSSR count). The first-order valence-corrected chi connectivity index (χ1v) is 8.36. The lowest BCUT2D eigenvalue weighted by Crippen LogP contribution is -2.40. The van der Waals surface area contributed by atoms with Crippen LogP contribution in [-0.2, 0) is 9.59 Å². The van der Waals surface area contributed by atoms with Crippen molar-refractivity contribution in [2.24, 2.45) is 0 Å². The molecular weight excluding hydrogens is 329 g/mol. The number of halogens is 1. The van der Waals surface area contributed by atoms with Crippen LogP contribution in [0.3, 0.4) is 0 Å². The molecule has 0 saturated heterocycles. The number of rotatable bonds is 5. The van der Waals surface area contributed by atoms with Gasteiger partial charge in [-0.15, -0.1) is 0 Å². The van der Waals surface area contributed by atoms with Gasteiger partial charge < -0.3 is 15.5 Å². The number of carbonyl (C=O) groups is 2. The Kier molecular flexibility index (Phi) is 6.05. The summed E-state index contributed by atoms with van der Waals surface area (Å²) in [6.45, 7) is 1.93. The van der Waals surface area contributed by atoms with Crippen molar-refractivity contribution in [3.8, 4) is 0 Å². The fraction of sp³-hybridized carbons (Fsp3) is 0.294. The average molecular weight is 349 g/mol. The van der Waals surface area contributed by atoms with Gasteiger partial charge >= 0.3 is 11.8 Å². The lowest BCUT2D eigenvalue weighted by atomic mass is 10.1. The Labute approximate surface area is 144 Å². The van der Waals surface area contributed by atoms with E-state index in [1.165, 1.54) is 6.07 Å². The van der Waals surface area contributed by atoms with Crippen molar-refractivity contribution in [2.45, 2.75) is 13.0 Å². The molecule has 0 radical (unpaired) electrons. The highest BCUT2D eigenvalue weighted by Crippen LogP contribution is 2.20. The lowest BCUT2D eigenvalue weighted by Gasteiger charge is -2.23. The van der Waals surface area contributed by atoms with E-state index in [-0.39, 0.29) is 11.7 Å². The minimum absolute atomic E-state index is 0.0233. The van der Waals surface area contributed by atoms with Crippen LogP contribution in [0.5, 0.6) is 0 Å². The molecule has 2 aromatic rings. The molecule has 0 aliphatic rings. The third-order valence-electron chi connectivity index (χ3n) is 3.64. The number of anilines is 1. The largest absolute Gasteiger partial charge is 0.346 e. The molecule has 0 saturated carbocycles. The number of likely N-dealkylation sites (N-methyl/N-ethyl adjacent to an activating group) is 1. The summed E-state index contributed by atoms with van der Waals surface area (Å²) in [7, 11) is 3.81. The zero-order valence-corrected chi connectivity index (χ0v) is 14.6. The molecule has 0 aliphatic carbocycles. The van der Waals surface area contributed by atoms with E-state index in [4.69, 9.17) is 0 Å². The molecule has 2 amide bonds. The maximum Gasteiger partial charge on any atom is 0.313 e. The van der Waals surface area contributed by atoms with Gasteiger partial charge in [0.25, 0.3) is 0 Å². The summed E-state index contributed by atoms with van der Waals surface area (Å²) in [6.07, 6.45) is 0. The Morgan fingerprint density at radius 2 is 2.00 bits per heavy atom. The van der Waals surface area contributed by atoms with Gasteiger partial charge in [0.05, 0.1) is 6.04 Å². The summed E-state index contributed by atoms with van der Waals surface area (Å²) in [5.41, 5.74) is 1.80. The summed E-state index contributed by atoms with van der Waals surface area (Å²) in [4.78, 5) is 25.9. The molecule has 1 atom stereocenters. The van der Waals surface area contributed by atoms with E-state index in [9.17, 15) is 14.0 Å². The highest BCUT2D eigenvalue weighted by atomic mass is 32.1. The second-order valence-electron chi connectivity index (χ2n) is 5.66. The SMILES string of the molecule is Cc1ccc(NC(=O)C(=O)NC[C@@H](c2ccsc2)N(C)C)cc1F. The van der Waals surface area contributed by atoms with Crippen molar-refractivity contribution >= 4 is 28.8 Å². The molecule has 0 unspecified atom stereocenters. The number of thiophene rings is 1. The zero-order chi connectivity index (χ0) is 17.7. The number of nitrogens with one attached hydrogen (secondary N) is 2. The fourth-order valence-corrected chi connectivity index (χ4v) is 2.90. The molecule has 0 aliphatic heterocycles. The first-order chi connectivity index (χ1) is 11.4. The quantitative estimate of drug-likeness (QED) is 0.816. The van der Waals surface area contributed by atoms with Crippen molar-refractivity contribution in [1.29, 1.82) is 0 Å². The van der Waals surface area contributed by atoms with Crippen LogP contribution in [0.15, 0.2) is 35.0 Å². The highest BCUT2D eigenvalue weighted by Gasteiger charge is 2.19. The molecule has 24 heavy (non-hydrogen) atoms. The van der Waals surface area contributed by atoms with Crippen LogP contribution in [0.4, 0.5) is 10.1 Å². The summed E-state index contributed by atoms with van der Waals surface area (Å²) in [5, 5.41) is 8.98. The number of nitrogens with zero attached hydrogens (tertiary/aromatic N) is 1. The van der Waals surface area contributed by atoms with Gasteiger partial charge in [0.2, 0.25) is 0 Å². The van der Waals surface area contributed by atoms with E-state index >= 15 is 0 Å². The predicted molar refractivity (Wildman–Crippen MR) is 93.5 cm³/mol. The number of benzene rings is 1. The third kappa shape index (κ3) is 4.62. The van der Waals surface area contributed by atoms with E-state index in [1.807, 2.05) is 35.8 Å². The highest BCUT2D eigenvalue weighted by molar-refractivity contribution is 7.07. The Morgan fingerprint density at radius 1 is 1.25 bits per heavy atom. The first-order valence-electron chi connectivity index (χ1n) is 7.42. The van der Waals surface area contributed by atoms with E-state index in [1.54, 1.807) is 30.4 Å². The number of carbonyl (C=O) groups excluding carboxylic acids is 2. The second-order valence-corrected chi connectivity index (χ2v) is 6.44. The van der Waals surface area contributed by atoms with Gasteiger partial charge in [0.1, 0.15) is 5.82 Å². The average Bonchev–Trinajstić information content (AvgIpc) is 3.04. The van der Waals surface area contributed by atoms with E-state index in [0.29, 0.717) is 12.1 Å². The molecule has 0 spiro atoms. The van der Waals surface area contributed by atoms with Gasteiger partial charge in [-0.1, -0.05) is 6.07 Å². The molecule has 5 nitrogen and oxygen atoms in total. The van der Waals surface area contributed by atoms with Crippen molar-refractivity contribution in [2.75, 3.05) is 26.0 Å². The van der Waals surface area contributed by atoms with E-state index < -0.39 is 17.6 Å². The molecule has 1 aromatic carbocycles. The van der Waals surface area contributed by atoms with Crippen LogP contribution in [0, 0.1) is 12.7 Å². The molecule has 7 heteroatoms. The Morgan fingerprint density at radius 3 is 2.58 bits per heavy atom. The molecular formula is C17H20FN3O2S. The molecule has 2 N–H and O–H groups in total. The van der Waals surface area contributed by atoms with Gasteiger partial charge in [0.15, 0.2) is 0 Å². The first kappa shape index (κ1) is 18.1. The van der Waals surface area contributed by atoms with Crippen LogP contribution in [0.2, 0.25) is 0 Å². The van der Waals surface area contributed by atoms with Crippen LogP contribution < -0.4 is 10.6 Å². The zero-order valence-electron chi connectivity index (χ0n) is 13.8. The van der Waals surface area contributed by atoms with E-state index in [2.05, 4.69) is 10.6 Å². The minimum atomic E-state index is -0.818. The van der Waals surface area contributed by atoms with Crippen molar-refractivity contribution in [3.63, 3.8) is 0 Å². The van der Waals surface area contributed by atoms with Gasteiger partial charge in [-0.05, 0) is 61.1 Å². The smallest absolute Gasteiger partial charge is 0.313 e. The molecule has 1 aromatic heterocycles. The number of hydrogen-bond acceptors (Lipinski definition) is 4. The maximum atomic E-state index is 13.5. The predicted octanol–water partition coefficient (Wildman–Crippen LogP) is 2.55. The summed E-state index contributed by atoms with van der Waals surface area (Å²) in [6, 6.07) is 6.24. The molecule has 1 heterocycles. The van der Waals surface area contributed by atoms with Crippen molar-refractivity contribution in [3.05, 3.63) is 52.0 Å². The summed E-state index contributed by atoms with van der Waals surface area (Å²) < 4.78 is 13.5. The Bertz CT molecular complexity index is 717. The second kappa shape index (κ2) is 8.03. The topological polar surface area (TPSA) is 61.4 Å². The van der Waals surface area contributed by atoms with Crippen LogP contribution in [-0.4, -0.2) is 37.4 Å². The van der Waals surface area contributed by atoms with Gasteiger partial charge in [0, 0.05) is 12.2 Å². The summed E-state index contributed by atoms with van der Waals surface area (Å²) >= 11 is 1.58. The van der Waals surface area contributed by atoms with E-state index in [0.717, 1.165) is 5.56 Å². The summed E-state index contributed by atoms with van der Waals surface area (Å²) in [5.74, 6) is -2.00. The molecule has 0 bridgehead atoms. The minimum Gasteiger partial charge on any atom is -0.346 e. The molecule has 0 fully saturated rings. The van der Waals surface area contributed by atoms with Crippen LogP contribution >= 0.6 is 11.3 Å². The standard InChI is InChI=1S/C17H20FN3O2S/c1-11-4-5-13(8-14(11)18)20-17(23)16(22)19-9-15(21(2)3)12-6-7-24-10-12/h4-8,10,15H,9H2,1-3H3,(H,19,22)(H,20,23)/t15-/m0/s1. The third-order valence-corrected chi connectivity index (χ3v) is 4.34. The molecule has 128 valence electrons. The number of hydrogen-bond donors (Lipinski definition) is 2. The van der Waals surface area contributed by atoms with Crippen LogP contribution in [0.25, 0.3) is 0 Å². The maximum absolute atomic E-state index is 13.5. The van der Waals surface area contributed by atoms with Crippen molar-refractivity contribution in [1.82, 2.24) is 10.2 Å². The number of amides is 2. The van der Waals surface area contributed by atoms with Crippen LogP contribution in [0.1, 0.15) is 17.2 Å². The normalized spacial score (nSPS) is 12.0. The monoisotopic (exact) mass is 349 g/mol. The lowest BCUT2D eigenvalue weighted by molar-refractivity contribution is -0.136. The van der Waals surface area contributed by atoms with Gasteiger partial charge in [-0.25, -0.2) is 4.39 Å². The Balaban J connectivity index is 1.93. The Hall–Kier alpha value is -2.25.